The van der Waals surface area contributed by atoms with E-state index in [0.717, 1.165) is 63.4 Å². The number of hydrogen-bond donors (Lipinski definition) is 0. The number of fused-ring (bicyclic) bond motifs is 1. The monoisotopic (exact) mass is 322 g/mol. The maximum Gasteiger partial charge on any atom is 0.231 e. The van der Waals surface area contributed by atoms with Crippen molar-refractivity contribution in [2.24, 2.45) is 0 Å². The smallest absolute Gasteiger partial charge is 0.231 e. The third kappa shape index (κ3) is 6.04. The Kier molecular flexibility index (Phi) is 8.26. The minimum atomic E-state index is 0.323. The zero-order valence-electron chi connectivity index (χ0n) is 14.6. The molecule has 23 heavy (non-hydrogen) atoms. The maximum absolute atomic E-state index is 5.84. The van der Waals surface area contributed by atoms with Gasteiger partial charge in [0.2, 0.25) is 6.79 Å². The second-order valence-corrected chi connectivity index (χ2v) is 5.95. The van der Waals surface area contributed by atoms with Gasteiger partial charge in [0, 0.05) is 19.8 Å². The van der Waals surface area contributed by atoms with Crippen molar-refractivity contribution < 1.29 is 18.9 Å². The highest BCUT2D eigenvalue weighted by Crippen LogP contribution is 2.35. The van der Waals surface area contributed by atoms with Crippen LogP contribution in [0.3, 0.4) is 0 Å². The lowest BCUT2D eigenvalue weighted by molar-refractivity contribution is 0.0942. The first kappa shape index (κ1) is 18.1. The quantitative estimate of drug-likeness (QED) is 0.532. The molecule has 0 saturated carbocycles. The molecule has 1 aromatic carbocycles. The van der Waals surface area contributed by atoms with Crippen LogP contribution in [0.25, 0.3) is 0 Å². The average Bonchev–Trinajstić information content (AvgIpc) is 3.01. The van der Waals surface area contributed by atoms with Crippen molar-refractivity contribution in [1.82, 2.24) is 0 Å². The van der Waals surface area contributed by atoms with E-state index in [-0.39, 0.29) is 0 Å². The van der Waals surface area contributed by atoms with Gasteiger partial charge in [-0.3, -0.25) is 0 Å². The molecule has 0 spiro atoms. The SMILES string of the molecule is CCCCOCCCCOCc1cc2c(cc1CCC)OCO2. The van der Waals surface area contributed by atoms with Gasteiger partial charge in [0.15, 0.2) is 11.5 Å². The third-order valence-corrected chi connectivity index (χ3v) is 3.94. The van der Waals surface area contributed by atoms with Gasteiger partial charge in [-0.05, 0) is 48.9 Å². The molecule has 4 heteroatoms. The summed E-state index contributed by atoms with van der Waals surface area (Å²) in [6.07, 6.45) is 6.61. The van der Waals surface area contributed by atoms with Gasteiger partial charge in [-0.15, -0.1) is 0 Å². The summed E-state index contributed by atoms with van der Waals surface area (Å²) in [6.45, 7) is 7.83. The summed E-state index contributed by atoms with van der Waals surface area (Å²) < 4.78 is 22.3. The number of hydrogen-bond acceptors (Lipinski definition) is 4. The molecule has 4 nitrogen and oxygen atoms in total. The molecule has 0 fully saturated rings. The molecule has 0 aliphatic carbocycles. The van der Waals surface area contributed by atoms with Gasteiger partial charge in [-0.1, -0.05) is 26.7 Å². The first-order valence-corrected chi connectivity index (χ1v) is 8.92. The second kappa shape index (κ2) is 10.5. The van der Waals surface area contributed by atoms with Gasteiger partial charge in [-0.2, -0.15) is 0 Å². The van der Waals surface area contributed by atoms with Gasteiger partial charge in [-0.25, -0.2) is 0 Å². The van der Waals surface area contributed by atoms with Crippen molar-refractivity contribution in [1.29, 1.82) is 0 Å². The predicted octanol–water partition coefficient (Wildman–Crippen LogP) is 4.48. The number of benzene rings is 1. The maximum atomic E-state index is 5.84. The standard InChI is InChI=1S/C19H30O4/c1-3-5-9-20-10-6-7-11-21-14-17-13-19-18(22-15-23-19)12-16(17)8-4-2/h12-13H,3-11,14-15H2,1-2H3. The third-order valence-electron chi connectivity index (χ3n) is 3.94. The van der Waals surface area contributed by atoms with Crippen LogP contribution in [0.2, 0.25) is 0 Å². The van der Waals surface area contributed by atoms with Gasteiger partial charge >= 0.3 is 0 Å². The summed E-state index contributed by atoms with van der Waals surface area (Å²) in [5, 5.41) is 0. The molecule has 0 radical (unpaired) electrons. The number of ether oxygens (including phenoxy) is 4. The summed E-state index contributed by atoms with van der Waals surface area (Å²) in [4.78, 5) is 0. The highest BCUT2D eigenvalue weighted by molar-refractivity contribution is 5.48. The van der Waals surface area contributed by atoms with E-state index < -0.39 is 0 Å². The highest BCUT2D eigenvalue weighted by atomic mass is 16.7. The Labute approximate surface area is 140 Å². The largest absolute Gasteiger partial charge is 0.454 e. The highest BCUT2D eigenvalue weighted by Gasteiger charge is 2.16. The van der Waals surface area contributed by atoms with Crippen molar-refractivity contribution in [2.75, 3.05) is 26.6 Å². The molecule has 1 aliphatic rings. The van der Waals surface area contributed by atoms with E-state index in [0.29, 0.717) is 13.4 Å². The Morgan fingerprint density at radius 2 is 1.48 bits per heavy atom. The lowest BCUT2D eigenvalue weighted by Crippen LogP contribution is -2.02. The Balaban J connectivity index is 1.68. The van der Waals surface area contributed by atoms with Crippen LogP contribution >= 0.6 is 0 Å². The van der Waals surface area contributed by atoms with Crippen molar-refractivity contribution >= 4 is 0 Å². The molecule has 1 aliphatic heterocycles. The summed E-state index contributed by atoms with van der Waals surface area (Å²) >= 11 is 0. The van der Waals surface area contributed by atoms with Crippen LogP contribution in [0.5, 0.6) is 11.5 Å². The minimum absolute atomic E-state index is 0.323. The van der Waals surface area contributed by atoms with E-state index in [2.05, 4.69) is 26.0 Å². The van der Waals surface area contributed by atoms with E-state index in [1.807, 2.05) is 0 Å². The molecule has 0 N–H and O–H groups in total. The Hall–Kier alpha value is -1.26. The van der Waals surface area contributed by atoms with Crippen LogP contribution in [0, 0.1) is 0 Å². The fraction of sp³-hybridized carbons (Fsp3) is 0.684. The molecule has 0 aromatic heterocycles. The zero-order chi connectivity index (χ0) is 16.3. The lowest BCUT2D eigenvalue weighted by atomic mass is 10.0. The molecule has 130 valence electrons. The fourth-order valence-corrected chi connectivity index (χ4v) is 2.60. The Morgan fingerprint density at radius 3 is 2.17 bits per heavy atom. The first-order valence-electron chi connectivity index (χ1n) is 8.92. The van der Waals surface area contributed by atoms with Gasteiger partial charge < -0.3 is 18.9 Å². The van der Waals surface area contributed by atoms with Crippen molar-refractivity contribution in [2.45, 2.75) is 59.0 Å². The number of unbranched alkanes of at least 4 members (excludes halogenated alkanes) is 2. The van der Waals surface area contributed by atoms with E-state index in [1.165, 1.54) is 17.5 Å². The Morgan fingerprint density at radius 1 is 0.826 bits per heavy atom. The summed E-state index contributed by atoms with van der Waals surface area (Å²) in [5.41, 5.74) is 2.52. The zero-order valence-corrected chi connectivity index (χ0v) is 14.6. The van der Waals surface area contributed by atoms with E-state index in [9.17, 15) is 0 Å². The average molecular weight is 322 g/mol. The molecule has 2 rings (SSSR count). The normalized spacial score (nSPS) is 12.8. The minimum Gasteiger partial charge on any atom is -0.454 e. The van der Waals surface area contributed by atoms with Gasteiger partial charge in [0.05, 0.1) is 6.61 Å². The second-order valence-electron chi connectivity index (χ2n) is 5.95. The molecular formula is C19H30O4. The molecule has 1 aromatic rings. The first-order chi connectivity index (χ1) is 11.3. The van der Waals surface area contributed by atoms with Crippen molar-refractivity contribution in [3.05, 3.63) is 23.3 Å². The van der Waals surface area contributed by atoms with Crippen LogP contribution in [0.15, 0.2) is 12.1 Å². The van der Waals surface area contributed by atoms with E-state index >= 15 is 0 Å². The van der Waals surface area contributed by atoms with Crippen LogP contribution in [-0.4, -0.2) is 26.6 Å². The molecule has 0 unspecified atom stereocenters. The van der Waals surface area contributed by atoms with Crippen LogP contribution < -0.4 is 9.47 Å². The van der Waals surface area contributed by atoms with E-state index in [4.69, 9.17) is 18.9 Å². The molecular weight excluding hydrogens is 292 g/mol. The fourth-order valence-electron chi connectivity index (χ4n) is 2.60. The van der Waals surface area contributed by atoms with Gasteiger partial charge in [0.1, 0.15) is 0 Å². The topological polar surface area (TPSA) is 36.9 Å². The molecule has 0 amide bonds. The Bertz CT molecular complexity index is 459. The van der Waals surface area contributed by atoms with Crippen LogP contribution in [-0.2, 0) is 22.5 Å². The summed E-state index contributed by atoms with van der Waals surface area (Å²) in [7, 11) is 0. The number of aryl methyl sites for hydroxylation is 1. The number of rotatable bonds is 12. The summed E-state index contributed by atoms with van der Waals surface area (Å²) in [6, 6.07) is 4.17. The van der Waals surface area contributed by atoms with Crippen LogP contribution in [0.1, 0.15) is 57.1 Å². The molecule has 0 atom stereocenters. The van der Waals surface area contributed by atoms with Crippen molar-refractivity contribution in [3.63, 3.8) is 0 Å². The van der Waals surface area contributed by atoms with Crippen molar-refractivity contribution in [3.8, 4) is 11.5 Å². The molecule has 0 saturated heterocycles. The predicted molar refractivity (Wildman–Crippen MR) is 91.2 cm³/mol. The lowest BCUT2D eigenvalue weighted by Gasteiger charge is -2.11. The molecule has 1 heterocycles. The van der Waals surface area contributed by atoms with Gasteiger partial charge in [0.25, 0.3) is 0 Å². The molecule has 0 bridgehead atoms. The summed E-state index contributed by atoms with van der Waals surface area (Å²) in [5.74, 6) is 1.70. The van der Waals surface area contributed by atoms with Crippen LogP contribution in [0.4, 0.5) is 0 Å². The van der Waals surface area contributed by atoms with E-state index in [1.54, 1.807) is 0 Å².